The van der Waals surface area contributed by atoms with Crippen molar-refractivity contribution in [3.63, 3.8) is 0 Å². The summed E-state index contributed by atoms with van der Waals surface area (Å²) in [6, 6.07) is 0. The van der Waals surface area contributed by atoms with E-state index in [1.165, 1.54) is 49.7 Å². The standard InChI is InChI=1S/C24H24Cl4/c25-21-19-13-7-8-14(20(19)22(26)24(28)23(21)27)18-12-6-5-11(17(13)18)15-9-1-2-10(4-3-9)16(12)15/h1-2,9-18H,3-8H2/t9-,10+,11-,12+,13+,14-,15+,16-,17+,18-. The van der Waals surface area contributed by atoms with Gasteiger partial charge < -0.3 is 0 Å². The van der Waals surface area contributed by atoms with E-state index in [0.29, 0.717) is 31.9 Å². The van der Waals surface area contributed by atoms with Gasteiger partial charge in [-0.2, -0.15) is 0 Å². The molecule has 6 bridgehead atoms. The van der Waals surface area contributed by atoms with Crippen molar-refractivity contribution in [3.05, 3.63) is 43.4 Å². The Hall–Kier alpha value is 0.120. The van der Waals surface area contributed by atoms with Crippen molar-refractivity contribution in [3.8, 4) is 0 Å². The van der Waals surface area contributed by atoms with E-state index < -0.39 is 0 Å². The zero-order valence-corrected chi connectivity index (χ0v) is 18.7. The zero-order valence-electron chi connectivity index (χ0n) is 15.7. The van der Waals surface area contributed by atoms with Crippen LogP contribution in [0, 0.1) is 47.3 Å². The first-order valence-corrected chi connectivity index (χ1v) is 12.6. The lowest BCUT2D eigenvalue weighted by Gasteiger charge is -2.69. The van der Waals surface area contributed by atoms with Gasteiger partial charge in [0.15, 0.2) is 0 Å². The van der Waals surface area contributed by atoms with Gasteiger partial charge in [0.2, 0.25) is 0 Å². The summed E-state index contributed by atoms with van der Waals surface area (Å²) in [5.74, 6) is 7.85. The maximum Gasteiger partial charge on any atom is 0.0796 e. The third kappa shape index (κ3) is 1.94. The highest BCUT2D eigenvalue weighted by molar-refractivity contribution is 6.52. The van der Waals surface area contributed by atoms with Crippen molar-refractivity contribution in [2.24, 2.45) is 47.3 Å². The number of rotatable bonds is 0. The molecule has 5 fully saturated rings. The Balaban J connectivity index is 1.43. The van der Waals surface area contributed by atoms with Crippen molar-refractivity contribution in [2.45, 2.75) is 50.4 Å². The molecule has 0 saturated heterocycles. The maximum atomic E-state index is 6.83. The Labute approximate surface area is 186 Å². The number of halogens is 4. The first-order valence-electron chi connectivity index (χ1n) is 11.1. The molecule has 0 N–H and O–H groups in total. The summed E-state index contributed by atoms with van der Waals surface area (Å²) in [6.45, 7) is 0. The van der Waals surface area contributed by atoms with E-state index in [4.69, 9.17) is 46.4 Å². The Morgan fingerprint density at radius 1 is 0.500 bits per heavy atom. The van der Waals surface area contributed by atoms with Gasteiger partial charge in [0, 0.05) is 0 Å². The fraction of sp³-hybridized carbons (Fsp3) is 0.667. The monoisotopic (exact) mass is 452 g/mol. The predicted octanol–water partition coefficient (Wildman–Crippen LogP) is 8.38. The van der Waals surface area contributed by atoms with Gasteiger partial charge in [-0.25, -0.2) is 0 Å². The van der Waals surface area contributed by atoms with Crippen molar-refractivity contribution in [1.82, 2.24) is 0 Å². The summed E-state index contributed by atoms with van der Waals surface area (Å²) >= 11 is 26.7. The summed E-state index contributed by atoms with van der Waals surface area (Å²) in [6.07, 6.45) is 13.4. The molecule has 0 unspecified atom stereocenters. The first kappa shape index (κ1) is 17.8. The second-order valence-corrected chi connectivity index (χ2v) is 11.9. The van der Waals surface area contributed by atoms with Crippen LogP contribution in [0.5, 0.6) is 0 Å². The summed E-state index contributed by atoms with van der Waals surface area (Å²) in [5.41, 5.74) is 2.55. The van der Waals surface area contributed by atoms with Crippen LogP contribution in [0.2, 0.25) is 20.1 Å². The summed E-state index contributed by atoms with van der Waals surface area (Å²) < 4.78 is 0. The van der Waals surface area contributed by atoms with Crippen molar-refractivity contribution in [1.29, 1.82) is 0 Å². The first-order chi connectivity index (χ1) is 13.6. The molecule has 0 radical (unpaired) electrons. The molecule has 4 heteroatoms. The van der Waals surface area contributed by atoms with Crippen LogP contribution in [-0.4, -0.2) is 0 Å². The summed E-state index contributed by atoms with van der Waals surface area (Å²) in [4.78, 5) is 0. The molecule has 0 aliphatic heterocycles. The molecule has 0 heterocycles. The Morgan fingerprint density at radius 2 is 0.929 bits per heavy atom. The lowest BCUT2D eigenvalue weighted by atomic mass is 9.36. The zero-order chi connectivity index (χ0) is 18.9. The Morgan fingerprint density at radius 3 is 1.32 bits per heavy atom. The summed E-state index contributed by atoms with van der Waals surface area (Å²) in [5, 5.41) is 2.33. The van der Waals surface area contributed by atoms with E-state index >= 15 is 0 Å². The number of hydrogen-bond donors (Lipinski definition) is 0. The molecule has 0 amide bonds. The molecule has 0 aromatic heterocycles. The van der Waals surface area contributed by atoms with Crippen LogP contribution in [0.3, 0.4) is 0 Å². The quantitative estimate of drug-likeness (QED) is 0.210. The molecule has 0 nitrogen and oxygen atoms in total. The highest BCUT2D eigenvalue weighted by atomic mass is 35.5. The van der Waals surface area contributed by atoms with Gasteiger partial charge in [0.05, 0.1) is 20.1 Å². The van der Waals surface area contributed by atoms with E-state index in [9.17, 15) is 0 Å². The fourth-order valence-corrected chi connectivity index (χ4v) is 10.6. The van der Waals surface area contributed by atoms with Crippen LogP contribution in [-0.2, 0) is 0 Å². The van der Waals surface area contributed by atoms with Gasteiger partial charge in [-0.05, 0) is 109 Å². The van der Waals surface area contributed by atoms with Gasteiger partial charge >= 0.3 is 0 Å². The maximum absolute atomic E-state index is 6.83. The average Bonchev–Trinajstić information content (AvgIpc) is 2.77. The van der Waals surface area contributed by atoms with Crippen LogP contribution in [0.4, 0.5) is 0 Å². The third-order valence-corrected chi connectivity index (χ3v) is 11.8. The van der Waals surface area contributed by atoms with Crippen LogP contribution in [0.25, 0.3) is 0 Å². The van der Waals surface area contributed by atoms with Gasteiger partial charge in [-0.15, -0.1) is 0 Å². The van der Waals surface area contributed by atoms with Crippen molar-refractivity contribution < 1.29 is 0 Å². The topological polar surface area (TPSA) is 0 Å². The SMILES string of the molecule is Clc1c(Cl)c(Cl)c2c(c1Cl)[C@H]1CC[C@@H]2[C@H]2[C@H]3CC[C@@H]([C@H]21)[C@H]1[C@@H]3[C@H]2C=C[C@@H]1CC2. The Bertz CT molecular complexity index is 847. The van der Waals surface area contributed by atoms with Gasteiger partial charge in [-0.3, -0.25) is 0 Å². The molecule has 0 spiro atoms. The predicted molar refractivity (Wildman–Crippen MR) is 117 cm³/mol. The van der Waals surface area contributed by atoms with E-state index in [2.05, 4.69) is 12.2 Å². The van der Waals surface area contributed by atoms with Gasteiger partial charge in [-0.1, -0.05) is 58.6 Å². The smallest absolute Gasteiger partial charge is 0.0796 e. The van der Waals surface area contributed by atoms with Crippen molar-refractivity contribution >= 4 is 46.4 Å². The van der Waals surface area contributed by atoms with Gasteiger partial charge in [0.25, 0.3) is 0 Å². The molecular formula is C24H24Cl4. The van der Waals surface area contributed by atoms with Crippen LogP contribution in [0.1, 0.15) is 61.5 Å². The lowest BCUT2D eigenvalue weighted by molar-refractivity contribution is -0.157. The number of benzene rings is 1. The minimum Gasteiger partial charge on any atom is -0.0848 e. The second kappa shape index (κ2) is 5.87. The molecule has 10 atom stereocenters. The fourth-order valence-electron chi connectivity index (χ4n) is 9.46. The number of allylic oxidation sites excluding steroid dienone is 2. The molecule has 10 rings (SSSR count). The van der Waals surface area contributed by atoms with E-state index in [-0.39, 0.29) is 0 Å². The molecular weight excluding hydrogens is 430 g/mol. The largest absolute Gasteiger partial charge is 0.0848 e. The second-order valence-electron chi connectivity index (χ2n) is 10.4. The third-order valence-electron chi connectivity index (χ3n) is 9.93. The molecule has 5 saturated carbocycles. The van der Waals surface area contributed by atoms with E-state index in [0.717, 1.165) is 47.3 Å². The number of fused-ring (bicyclic) bond motifs is 3. The number of hydrogen-bond acceptors (Lipinski definition) is 0. The Kier molecular flexibility index (Phi) is 3.73. The van der Waals surface area contributed by atoms with E-state index in [1.54, 1.807) is 0 Å². The highest BCUT2D eigenvalue weighted by Gasteiger charge is 2.65. The molecule has 9 aliphatic rings. The molecule has 1 aromatic rings. The minimum atomic E-state index is 0.467. The van der Waals surface area contributed by atoms with E-state index in [1.807, 2.05) is 0 Å². The lowest BCUT2D eigenvalue weighted by Crippen LogP contribution is -2.62. The highest BCUT2D eigenvalue weighted by Crippen LogP contribution is 2.74. The van der Waals surface area contributed by atoms with Crippen LogP contribution < -0.4 is 0 Å². The summed E-state index contributed by atoms with van der Waals surface area (Å²) in [7, 11) is 0. The molecule has 148 valence electrons. The van der Waals surface area contributed by atoms with Gasteiger partial charge in [0.1, 0.15) is 0 Å². The molecule has 28 heavy (non-hydrogen) atoms. The van der Waals surface area contributed by atoms with Crippen LogP contribution in [0.15, 0.2) is 12.2 Å². The molecule has 9 aliphatic carbocycles. The minimum absolute atomic E-state index is 0.467. The molecule has 1 aromatic carbocycles. The normalized spacial score (nSPS) is 49.1. The average molecular weight is 454 g/mol. The van der Waals surface area contributed by atoms with Crippen molar-refractivity contribution in [2.75, 3.05) is 0 Å². The van der Waals surface area contributed by atoms with Crippen LogP contribution >= 0.6 is 46.4 Å².